The lowest BCUT2D eigenvalue weighted by Gasteiger charge is -2.75. The first-order valence-corrected chi connectivity index (χ1v) is 13.9. The highest BCUT2D eigenvalue weighted by atomic mass is 16.3. The Labute approximate surface area is 193 Å². The van der Waals surface area contributed by atoms with Crippen molar-refractivity contribution in [2.24, 2.45) is 56.2 Å². The molecule has 5 aliphatic carbocycles. The molecule has 0 aliphatic heterocycles. The van der Waals surface area contributed by atoms with Crippen LogP contribution >= 0.6 is 0 Å². The van der Waals surface area contributed by atoms with Crippen LogP contribution in [0.15, 0.2) is 0 Å². The molecule has 1 heteroatoms. The molecule has 0 aromatic carbocycles. The van der Waals surface area contributed by atoms with Gasteiger partial charge in [0, 0.05) is 0 Å². The molecule has 0 radical (unpaired) electrons. The number of fused-ring (bicyclic) bond motifs is 7. The van der Waals surface area contributed by atoms with E-state index in [1.807, 2.05) is 0 Å². The second-order valence-electron chi connectivity index (χ2n) is 15.6. The molecule has 5 rings (SSSR count). The van der Waals surface area contributed by atoms with Crippen molar-refractivity contribution in [1.82, 2.24) is 0 Å². The van der Waals surface area contributed by atoms with Gasteiger partial charge in [-0.1, -0.05) is 55.4 Å². The number of rotatable bonds is 0. The minimum atomic E-state index is -0.0708. The average Bonchev–Trinajstić information content (AvgIpc) is 2.67. The summed E-state index contributed by atoms with van der Waals surface area (Å²) in [6, 6.07) is 0. The second kappa shape index (κ2) is 6.55. The number of aliphatic hydroxyl groups excluding tert-OH is 1. The van der Waals surface area contributed by atoms with Gasteiger partial charge in [0.2, 0.25) is 0 Å². The molecule has 0 aromatic heterocycles. The zero-order valence-electron chi connectivity index (χ0n) is 22.1. The van der Waals surface area contributed by atoms with Gasteiger partial charge in [0.05, 0.1) is 6.10 Å². The first-order chi connectivity index (χ1) is 14.2. The lowest BCUT2D eigenvalue weighted by atomic mass is 9.30. The fourth-order valence-corrected chi connectivity index (χ4v) is 11.3. The predicted molar refractivity (Wildman–Crippen MR) is 131 cm³/mol. The molecule has 0 amide bonds. The van der Waals surface area contributed by atoms with E-state index in [1.54, 1.807) is 0 Å². The Morgan fingerprint density at radius 3 is 1.94 bits per heavy atom. The first-order valence-electron chi connectivity index (χ1n) is 13.9. The van der Waals surface area contributed by atoms with E-state index in [2.05, 4.69) is 55.4 Å². The van der Waals surface area contributed by atoms with Crippen LogP contribution < -0.4 is 0 Å². The summed E-state index contributed by atoms with van der Waals surface area (Å²) in [6.45, 7) is 21.0. The fourth-order valence-electron chi connectivity index (χ4n) is 11.3. The van der Waals surface area contributed by atoms with E-state index in [-0.39, 0.29) is 6.10 Å². The summed E-state index contributed by atoms with van der Waals surface area (Å²) >= 11 is 0. The number of hydrogen-bond donors (Lipinski definition) is 1. The van der Waals surface area contributed by atoms with Gasteiger partial charge in [-0.3, -0.25) is 0 Å². The van der Waals surface area contributed by atoms with Crippen molar-refractivity contribution in [3.8, 4) is 0 Å². The van der Waals surface area contributed by atoms with Gasteiger partial charge in [-0.2, -0.15) is 0 Å². The molecular weight excluding hydrogens is 376 g/mol. The lowest BCUT2D eigenvalue weighted by Crippen LogP contribution is -2.67. The van der Waals surface area contributed by atoms with Crippen molar-refractivity contribution >= 4 is 0 Å². The van der Waals surface area contributed by atoms with Gasteiger partial charge in [-0.05, 0) is 127 Å². The predicted octanol–water partition coefficient (Wildman–Crippen LogP) is 8.25. The van der Waals surface area contributed by atoms with E-state index in [4.69, 9.17) is 0 Å². The van der Waals surface area contributed by atoms with Crippen LogP contribution in [0.25, 0.3) is 0 Å². The normalized spacial score (nSPS) is 60.9. The van der Waals surface area contributed by atoms with Crippen molar-refractivity contribution in [2.45, 2.75) is 132 Å². The number of hydrogen-bond acceptors (Lipinski definition) is 1. The van der Waals surface area contributed by atoms with Crippen LogP contribution in [-0.4, -0.2) is 11.2 Å². The maximum absolute atomic E-state index is 10.8. The van der Waals surface area contributed by atoms with Gasteiger partial charge in [0.15, 0.2) is 0 Å². The van der Waals surface area contributed by atoms with Crippen molar-refractivity contribution in [2.75, 3.05) is 0 Å². The maximum atomic E-state index is 10.8. The summed E-state index contributed by atoms with van der Waals surface area (Å²) in [6.07, 6.45) is 14.9. The topological polar surface area (TPSA) is 20.2 Å². The molecule has 0 bridgehead atoms. The monoisotopic (exact) mass is 428 g/mol. The molecule has 178 valence electrons. The average molecular weight is 429 g/mol. The summed E-state index contributed by atoms with van der Waals surface area (Å²) in [7, 11) is 0. The third-order valence-corrected chi connectivity index (χ3v) is 13.8. The molecule has 0 spiro atoms. The highest BCUT2D eigenvalue weighted by Gasteiger charge is 2.70. The molecule has 5 saturated carbocycles. The molecule has 31 heavy (non-hydrogen) atoms. The van der Waals surface area contributed by atoms with E-state index in [0.717, 1.165) is 24.7 Å². The second-order valence-corrected chi connectivity index (χ2v) is 15.6. The Kier molecular flexibility index (Phi) is 4.80. The van der Waals surface area contributed by atoms with Gasteiger partial charge in [-0.25, -0.2) is 0 Å². The van der Waals surface area contributed by atoms with Crippen molar-refractivity contribution in [3.05, 3.63) is 0 Å². The Hall–Kier alpha value is -0.0400. The highest BCUT2D eigenvalue weighted by molar-refractivity contribution is 5.19. The van der Waals surface area contributed by atoms with E-state index in [1.165, 1.54) is 57.8 Å². The third-order valence-electron chi connectivity index (χ3n) is 13.8. The van der Waals surface area contributed by atoms with E-state index >= 15 is 0 Å². The zero-order valence-corrected chi connectivity index (χ0v) is 22.1. The smallest absolute Gasteiger partial charge is 0.0546 e. The van der Waals surface area contributed by atoms with Gasteiger partial charge >= 0.3 is 0 Å². The Bertz CT molecular complexity index is 741. The largest absolute Gasteiger partial charge is 0.393 e. The minimum Gasteiger partial charge on any atom is -0.393 e. The van der Waals surface area contributed by atoms with Gasteiger partial charge in [0.1, 0.15) is 0 Å². The standard InChI is InChI=1S/C30H52O/c1-20-17-21(31)18-23-27(20,5)10-9-22-28(23,6)14-16-30(8)24-19-25(2,3)11-12-26(24,4)13-15-29(22,30)7/h20-24,31H,9-19H2,1-8H3/t20-,21?,22-,23+,24+,26+,27+,28+,29+,30-/m0/s1. The maximum Gasteiger partial charge on any atom is 0.0546 e. The quantitative estimate of drug-likeness (QED) is 0.412. The summed E-state index contributed by atoms with van der Waals surface area (Å²) in [5.74, 6) is 3.09. The molecule has 1 nitrogen and oxygen atoms in total. The van der Waals surface area contributed by atoms with Crippen molar-refractivity contribution < 1.29 is 5.11 Å². The molecule has 1 N–H and O–H groups in total. The summed E-state index contributed by atoms with van der Waals surface area (Å²) < 4.78 is 0. The van der Waals surface area contributed by atoms with E-state index in [0.29, 0.717) is 44.3 Å². The summed E-state index contributed by atoms with van der Waals surface area (Å²) in [5.41, 5.74) is 2.87. The molecule has 10 atom stereocenters. The SMILES string of the molecule is C[C@H]1CC(O)C[C@@H]2[C@]1(C)CC[C@H]1[C@@]2(C)CC[C@@]2(C)[C@@H]3CC(C)(C)CC[C@]3(C)CC[C@]12C. The van der Waals surface area contributed by atoms with Crippen LogP contribution in [0.5, 0.6) is 0 Å². The summed E-state index contributed by atoms with van der Waals surface area (Å²) in [4.78, 5) is 0. The van der Waals surface area contributed by atoms with Crippen LogP contribution in [0.3, 0.4) is 0 Å². The van der Waals surface area contributed by atoms with E-state index < -0.39 is 0 Å². The Morgan fingerprint density at radius 2 is 1.23 bits per heavy atom. The highest BCUT2D eigenvalue weighted by Crippen LogP contribution is 2.78. The molecule has 1 unspecified atom stereocenters. The molecule has 5 fully saturated rings. The summed E-state index contributed by atoms with van der Waals surface area (Å²) in [5, 5.41) is 10.8. The van der Waals surface area contributed by atoms with Crippen LogP contribution in [-0.2, 0) is 0 Å². The van der Waals surface area contributed by atoms with Crippen LogP contribution in [0, 0.1) is 56.2 Å². The third kappa shape index (κ3) is 2.83. The molecule has 5 aliphatic rings. The van der Waals surface area contributed by atoms with Gasteiger partial charge in [0.25, 0.3) is 0 Å². The first kappa shape index (κ1) is 22.7. The van der Waals surface area contributed by atoms with Crippen LogP contribution in [0.1, 0.15) is 126 Å². The van der Waals surface area contributed by atoms with Gasteiger partial charge in [-0.15, -0.1) is 0 Å². The van der Waals surface area contributed by atoms with Crippen LogP contribution in [0.4, 0.5) is 0 Å². The Balaban J connectivity index is 1.55. The lowest BCUT2D eigenvalue weighted by molar-refractivity contribution is -0.262. The number of aliphatic hydroxyl groups is 1. The molecule has 0 aromatic rings. The van der Waals surface area contributed by atoms with Crippen LogP contribution in [0.2, 0.25) is 0 Å². The van der Waals surface area contributed by atoms with E-state index in [9.17, 15) is 5.11 Å². The molecule has 0 saturated heterocycles. The fraction of sp³-hybridized carbons (Fsp3) is 1.00. The zero-order chi connectivity index (χ0) is 22.7. The molecular formula is C30H52O. The Morgan fingerprint density at radius 1 is 0.613 bits per heavy atom. The van der Waals surface area contributed by atoms with Crippen molar-refractivity contribution in [1.29, 1.82) is 0 Å². The van der Waals surface area contributed by atoms with Crippen molar-refractivity contribution in [3.63, 3.8) is 0 Å². The minimum absolute atomic E-state index is 0.0708. The molecule has 0 heterocycles. The van der Waals surface area contributed by atoms with Gasteiger partial charge < -0.3 is 5.11 Å².